The second-order valence-electron chi connectivity index (χ2n) is 5.69. The number of nitro groups is 1. The fourth-order valence-corrected chi connectivity index (χ4v) is 3.26. The van der Waals surface area contributed by atoms with Crippen LogP contribution < -0.4 is 10.0 Å². The molecule has 0 heterocycles. The molecule has 0 unspecified atom stereocenters. The zero-order valence-electron chi connectivity index (χ0n) is 14.3. The highest BCUT2D eigenvalue weighted by Crippen LogP contribution is 2.23. The first-order valence-electron chi connectivity index (χ1n) is 7.91. The first-order chi connectivity index (χ1) is 12.2. The Labute approximate surface area is 151 Å². The van der Waals surface area contributed by atoms with Gasteiger partial charge in [0.2, 0.25) is 0 Å². The van der Waals surface area contributed by atoms with Gasteiger partial charge in [0.25, 0.3) is 21.6 Å². The lowest BCUT2D eigenvalue weighted by molar-refractivity contribution is -0.385. The Morgan fingerprint density at radius 2 is 1.88 bits per heavy atom. The predicted octanol–water partition coefficient (Wildman–Crippen LogP) is 2.92. The average Bonchev–Trinajstić information content (AvgIpc) is 2.61. The van der Waals surface area contributed by atoms with Crippen molar-refractivity contribution in [1.82, 2.24) is 5.32 Å². The van der Waals surface area contributed by atoms with E-state index in [9.17, 15) is 23.3 Å². The predicted molar refractivity (Wildman–Crippen MR) is 97.6 cm³/mol. The molecule has 0 bridgehead atoms. The smallest absolute Gasteiger partial charge is 0.270 e. The number of carbonyl (C=O) groups is 1. The number of rotatable bonds is 7. The minimum atomic E-state index is -4.09. The van der Waals surface area contributed by atoms with Crippen LogP contribution in [0.2, 0.25) is 0 Å². The zero-order chi connectivity index (χ0) is 19.3. The van der Waals surface area contributed by atoms with E-state index in [1.165, 1.54) is 30.3 Å². The molecule has 2 aromatic rings. The summed E-state index contributed by atoms with van der Waals surface area (Å²) < 4.78 is 27.5. The van der Waals surface area contributed by atoms with Gasteiger partial charge >= 0.3 is 0 Å². The highest BCUT2D eigenvalue weighted by atomic mass is 32.2. The minimum Gasteiger partial charge on any atom is -0.350 e. The van der Waals surface area contributed by atoms with Crippen molar-refractivity contribution >= 4 is 27.3 Å². The molecule has 1 amide bonds. The second-order valence-corrected chi connectivity index (χ2v) is 7.37. The quantitative estimate of drug-likeness (QED) is 0.568. The molecule has 0 aliphatic carbocycles. The molecular formula is C17H19N3O5S. The van der Waals surface area contributed by atoms with Crippen molar-refractivity contribution in [2.75, 3.05) is 4.72 Å². The average molecular weight is 377 g/mol. The molecule has 1 atom stereocenters. The van der Waals surface area contributed by atoms with Crippen molar-refractivity contribution in [1.29, 1.82) is 0 Å². The Balaban J connectivity index is 2.34. The number of hydrogen-bond donors (Lipinski definition) is 2. The maximum atomic E-state index is 12.6. The van der Waals surface area contributed by atoms with Crippen LogP contribution in [0, 0.1) is 10.1 Å². The van der Waals surface area contributed by atoms with Gasteiger partial charge in [-0.15, -0.1) is 0 Å². The van der Waals surface area contributed by atoms with Gasteiger partial charge in [-0.1, -0.05) is 25.1 Å². The maximum absolute atomic E-state index is 12.6. The SMILES string of the molecule is CC[C@@H](C)NC(=O)c1ccccc1NS(=O)(=O)c1cccc([N+](=O)[O-])c1. The van der Waals surface area contributed by atoms with Crippen molar-refractivity contribution in [3.8, 4) is 0 Å². The Bertz CT molecular complexity index is 928. The van der Waals surface area contributed by atoms with Crippen LogP contribution in [0.5, 0.6) is 0 Å². The van der Waals surface area contributed by atoms with Crippen molar-refractivity contribution in [2.24, 2.45) is 0 Å². The van der Waals surface area contributed by atoms with E-state index in [4.69, 9.17) is 0 Å². The molecule has 0 saturated heterocycles. The number of benzene rings is 2. The van der Waals surface area contributed by atoms with Crippen LogP contribution in [0.15, 0.2) is 53.4 Å². The third kappa shape index (κ3) is 4.57. The van der Waals surface area contributed by atoms with Crippen LogP contribution in [0.1, 0.15) is 30.6 Å². The van der Waals surface area contributed by atoms with Gasteiger partial charge in [0.1, 0.15) is 0 Å². The molecule has 2 rings (SSSR count). The third-order valence-corrected chi connectivity index (χ3v) is 5.11. The van der Waals surface area contributed by atoms with Gasteiger partial charge in [-0.25, -0.2) is 8.42 Å². The third-order valence-electron chi connectivity index (χ3n) is 3.74. The van der Waals surface area contributed by atoms with Gasteiger partial charge in [0.05, 0.1) is 21.1 Å². The summed E-state index contributed by atoms with van der Waals surface area (Å²) >= 11 is 0. The molecule has 0 spiro atoms. The van der Waals surface area contributed by atoms with E-state index in [1.54, 1.807) is 12.1 Å². The number of para-hydroxylation sites is 1. The van der Waals surface area contributed by atoms with E-state index < -0.39 is 20.9 Å². The largest absolute Gasteiger partial charge is 0.350 e. The number of hydrogen-bond acceptors (Lipinski definition) is 5. The van der Waals surface area contributed by atoms with Gasteiger partial charge in [-0.05, 0) is 31.5 Å². The molecule has 138 valence electrons. The lowest BCUT2D eigenvalue weighted by Crippen LogP contribution is -2.32. The minimum absolute atomic E-state index is 0.0658. The van der Waals surface area contributed by atoms with Gasteiger partial charge in [0.15, 0.2) is 0 Å². The monoisotopic (exact) mass is 377 g/mol. The number of nitrogens with zero attached hydrogens (tertiary/aromatic N) is 1. The lowest BCUT2D eigenvalue weighted by atomic mass is 10.1. The van der Waals surface area contributed by atoms with Gasteiger partial charge < -0.3 is 5.32 Å². The summed E-state index contributed by atoms with van der Waals surface area (Å²) in [6, 6.07) is 10.8. The maximum Gasteiger partial charge on any atom is 0.270 e. The van der Waals surface area contributed by atoms with E-state index in [0.29, 0.717) is 0 Å². The zero-order valence-corrected chi connectivity index (χ0v) is 15.1. The van der Waals surface area contributed by atoms with E-state index in [2.05, 4.69) is 10.0 Å². The summed E-state index contributed by atoms with van der Waals surface area (Å²) in [5.74, 6) is -0.406. The molecule has 0 saturated carbocycles. The molecule has 0 radical (unpaired) electrons. The van der Waals surface area contributed by atoms with Crippen molar-refractivity contribution < 1.29 is 18.1 Å². The first kappa shape index (κ1) is 19.4. The van der Waals surface area contributed by atoms with E-state index in [-0.39, 0.29) is 27.9 Å². The molecule has 0 fully saturated rings. The molecular weight excluding hydrogens is 358 g/mol. The van der Waals surface area contributed by atoms with Gasteiger partial charge in [0, 0.05) is 18.2 Å². The number of non-ortho nitro benzene ring substituents is 1. The molecule has 8 nitrogen and oxygen atoms in total. The van der Waals surface area contributed by atoms with Crippen LogP contribution in [-0.2, 0) is 10.0 Å². The number of nitro benzene ring substituents is 1. The lowest BCUT2D eigenvalue weighted by Gasteiger charge is -2.15. The van der Waals surface area contributed by atoms with Crippen molar-refractivity contribution in [3.63, 3.8) is 0 Å². The van der Waals surface area contributed by atoms with Crippen LogP contribution >= 0.6 is 0 Å². The van der Waals surface area contributed by atoms with Gasteiger partial charge in [-0.3, -0.25) is 19.6 Å². The summed E-state index contributed by atoms with van der Waals surface area (Å²) in [6.07, 6.45) is 0.729. The number of carbonyl (C=O) groups excluding carboxylic acids is 1. The van der Waals surface area contributed by atoms with Crippen molar-refractivity contribution in [2.45, 2.75) is 31.2 Å². The first-order valence-corrected chi connectivity index (χ1v) is 9.40. The number of anilines is 1. The summed E-state index contributed by atoms with van der Waals surface area (Å²) in [7, 11) is -4.09. The number of amides is 1. The standard InChI is InChI=1S/C17H19N3O5S/c1-3-12(2)18-17(21)15-9-4-5-10-16(15)19-26(24,25)14-8-6-7-13(11-14)20(22)23/h4-12,19H,3H2,1-2H3,(H,18,21)/t12-/m1/s1. The fourth-order valence-electron chi connectivity index (χ4n) is 2.14. The molecule has 0 aliphatic heterocycles. The molecule has 26 heavy (non-hydrogen) atoms. The normalized spacial score (nSPS) is 12.2. The summed E-state index contributed by atoms with van der Waals surface area (Å²) in [4.78, 5) is 22.3. The van der Waals surface area contributed by atoms with Crippen LogP contribution in [0.3, 0.4) is 0 Å². The van der Waals surface area contributed by atoms with E-state index >= 15 is 0 Å². The van der Waals surface area contributed by atoms with Crippen molar-refractivity contribution in [3.05, 3.63) is 64.2 Å². The van der Waals surface area contributed by atoms with Crippen LogP contribution in [0.25, 0.3) is 0 Å². The fraction of sp³-hybridized carbons (Fsp3) is 0.235. The summed E-state index contributed by atoms with van der Waals surface area (Å²) in [5, 5.41) is 13.6. The Kier molecular flexibility index (Phi) is 5.93. The number of nitrogens with one attached hydrogen (secondary N) is 2. The van der Waals surface area contributed by atoms with E-state index in [0.717, 1.165) is 12.5 Å². The van der Waals surface area contributed by atoms with Gasteiger partial charge in [-0.2, -0.15) is 0 Å². The topological polar surface area (TPSA) is 118 Å². The Hall–Kier alpha value is -2.94. The number of sulfonamides is 1. The second kappa shape index (κ2) is 7.96. The van der Waals surface area contributed by atoms with E-state index in [1.807, 2.05) is 13.8 Å². The Morgan fingerprint density at radius 1 is 1.19 bits per heavy atom. The Morgan fingerprint density at radius 3 is 2.54 bits per heavy atom. The molecule has 2 N–H and O–H groups in total. The molecule has 0 aromatic heterocycles. The van der Waals surface area contributed by atoms with Crippen LogP contribution in [-0.4, -0.2) is 25.3 Å². The highest BCUT2D eigenvalue weighted by Gasteiger charge is 2.21. The molecule has 2 aromatic carbocycles. The molecule has 9 heteroatoms. The molecule has 0 aliphatic rings. The highest BCUT2D eigenvalue weighted by molar-refractivity contribution is 7.92. The summed E-state index contributed by atoms with van der Waals surface area (Å²) in [6.45, 7) is 3.76. The summed E-state index contributed by atoms with van der Waals surface area (Å²) in [5.41, 5.74) is -0.0720. The van der Waals surface area contributed by atoms with Crippen LogP contribution in [0.4, 0.5) is 11.4 Å².